The second-order valence-electron chi connectivity index (χ2n) is 7.62. The van der Waals surface area contributed by atoms with Crippen molar-refractivity contribution in [2.24, 2.45) is 16.0 Å². The molecule has 4 N–H and O–H groups in total. The van der Waals surface area contributed by atoms with Crippen molar-refractivity contribution in [2.45, 2.75) is 24.7 Å². The molecule has 8 heteroatoms. The Morgan fingerprint density at radius 2 is 1.90 bits per heavy atom. The zero-order chi connectivity index (χ0) is 20.4. The second-order valence-corrected chi connectivity index (χ2v) is 7.62. The van der Waals surface area contributed by atoms with Crippen LogP contribution in [0.1, 0.15) is 24.8 Å². The molecule has 0 spiro atoms. The van der Waals surface area contributed by atoms with Gasteiger partial charge in [-0.15, -0.1) is 0 Å². The molecule has 1 aliphatic heterocycles. The molecule has 8 nitrogen and oxygen atoms in total. The fraction of sp³-hybridized carbons (Fsp3) is 0.381. The summed E-state index contributed by atoms with van der Waals surface area (Å²) in [6.07, 6.45) is 8.18. The van der Waals surface area contributed by atoms with E-state index >= 15 is 0 Å². The number of anilines is 1. The van der Waals surface area contributed by atoms with Crippen molar-refractivity contribution in [2.75, 3.05) is 26.0 Å². The lowest BCUT2D eigenvalue weighted by Crippen LogP contribution is -2.42. The molecule has 1 aromatic heterocycles. The van der Waals surface area contributed by atoms with Crippen molar-refractivity contribution >= 4 is 23.9 Å². The average molecular weight is 392 g/mol. The maximum absolute atomic E-state index is 8.65. The van der Waals surface area contributed by atoms with E-state index in [2.05, 4.69) is 37.5 Å². The van der Waals surface area contributed by atoms with E-state index < -0.39 is 0 Å². The van der Waals surface area contributed by atoms with Gasteiger partial charge in [0.2, 0.25) is 5.95 Å². The minimum absolute atomic E-state index is 0.138. The van der Waals surface area contributed by atoms with Gasteiger partial charge in [-0.2, -0.15) is 10.1 Å². The summed E-state index contributed by atoms with van der Waals surface area (Å²) in [5.41, 5.74) is 2.68. The van der Waals surface area contributed by atoms with E-state index in [1.165, 1.54) is 0 Å². The number of rotatable bonds is 5. The molecule has 0 saturated heterocycles. The first kappa shape index (κ1) is 19.0. The summed E-state index contributed by atoms with van der Waals surface area (Å²) in [6.45, 7) is 0.645. The summed E-state index contributed by atoms with van der Waals surface area (Å²) in [5.74, 6) is 0.953. The van der Waals surface area contributed by atoms with Crippen molar-refractivity contribution in [3.63, 3.8) is 0 Å². The van der Waals surface area contributed by atoms with Crippen LogP contribution in [0.5, 0.6) is 0 Å². The number of hydrazone groups is 1. The van der Waals surface area contributed by atoms with Crippen molar-refractivity contribution in [1.29, 1.82) is 5.41 Å². The van der Waals surface area contributed by atoms with Crippen LogP contribution in [0.15, 0.2) is 46.8 Å². The van der Waals surface area contributed by atoms with Crippen molar-refractivity contribution in [3.8, 4) is 11.1 Å². The van der Waals surface area contributed by atoms with Gasteiger partial charge in [-0.3, -0.25) is 10.4 Å². The van der Waals surface area contributed by atoms with Gasteiger partial charge in [0.05, 0.1) is 12.0 Å². The van der Waals surface area contributed by atoms with E-state index in [9.17, 15) is 0 Å². The van der Waals surface area contributed by atoms with Crippen LogP contribution in [0.2, 0.25) is 0 Å². The predicted molar refractivity (Wildman–Crippen MR) is 116 cm³/mol. The van der Waals surface area contributed by atoms with Crippen LogP contribution >= 0.6 is 0 Å². The molecule has 1 unspecified atom stereocenters. The Balaban J connectivity index is 1.55. The highest BCUT2D eigenvalue weighted by Crippen LogP contribution is 2.45. The number of aromatic nitrogens is 2. The van der Waals surface area contributed by atoms with Crippen LogP contribution < -0.4 is 5.32 Å². The molecule has 2 heterocycles. The first-order chi connectivity index (χ1) is 14.0. The summed E-state index contributed by atoms with van der Waals surface area (Å²) in [5, 5.41) is 25.8. The molecular formula is C21H26N7O+. The first-order valence-corrected chi connectivity index (χ1v) is 9.77. The maximum atomic E-state index is 8.65. The van der Waals surface area contributed by atoms with E-state index in [1.807, 2.05) is 19.2 Å². The molecule has 29 heavy (non-hydrogen) atoms. The topological polar surface area (TPSA) is 113 Å². The van der Waals surface area contributed by atoms with Crippen LogP contribution in [0, 0.1) is 11.3 Å². The lowest BCUT2D eigenvalue weighted by molar-refractivity contribution is 0.335. The minimum Gasteiger partial charge on any atom is -0.581 e. The number of benzene rings is 1. The summed E-state index contributed by atoms with van der Waals surface area (Å²) in [6, 6.07) is 8.23. The molecule has 2 aromatic rings. The molecule has 0 bridgehead atoms. The molecule has 1 aromatic carbocycles. The summed E-state index contributed by atoms with van der Waals surface area (Å²) >= 11 is 0. The molecule has 2 aliphatic rings. The maximum Gasteiger partial charge on any atom is 0.343 e. The van der Waals surface area contributed by atoms with E-state index in [1.54, 1.807) is 30.7 Å². The summed E-state index contributed by atoms with van der Waals surface area (Å²) < 4.78 is 0. The zero-order valence-corrected chi connectivity index (χ0v) is 16.7. The number of amidine groups is 1. The molecule has 1 saturated carbocycles. The van der Waals surface area contributed by atoms with Gasteiger partial charge in [-0.25, -0.2) is 9.97 Å². The Hall–Kier alpha value is -3.29. The molecule has 0 radical (unpaired) electrons. The molecule has 0 amide bonds. The van der Waals surface area contributed by atoms with E-state index in [0.29, 0.717) is 12.5 Å². The fourth-order valence-corrected chi connectivity index (χ4v) is 3.82. The smallest absolute Gasteiger partial charge is 0.343 e. The molecule has 4 rings (SSSR count). The average Bonchev–Trinajstić information content (AvgIpc) is 3.14. The Morgan fingerprint density at radius 1 is 1.21 bits per heavy atom. The van der Waals surface area contributed by atoms with Crippen LogP contribution in [0.25, 0.3) is 11.1 Å². The number of aliphatic imine (C=N–C) groups is 1. The Kier molecular flexibility index (Phi) is 5.00. The lowest BCUT2D eigenvalue weighted by Gasteiger charge is -2.41. The van der Waals surface area contributed by atoms with Gasteiger partial charge in [-0.05, 0) is 24.0 Å². The van der Waals surface area contributed by atoms with Crippen molar-refractivity contribution in [1.82, 2.24) is 15.0 Å². The van der Waals surface area contributed by atoms with E-state index in [0.717, 1.165) is 36.0 Å². The van der Waals surface area contributed by atoms with Crippen LogP contribution in [-0.4, -0.2) is 58.7 Å². The van der Waals surface area contributed by atoms with Crippen molar-refractivity contribution < 1.29 is 5.11 Å². The van der Waals surface area contributed by atoms with Gasteiger partial charge >= 0.3 is 5.90 Å². The van der Waals surface area contributed by atoms with Gasteiger partial charge in [0, 0.05) is 38.3 Å². The molecule has 1 atom stereocenters. The zero-order valence-electron chi connectivity index (χ0n) is 16.7. The third-order valence-electron chi connectivity index (χ3n) is 5.79. The number of nitrogens with zero attached hydrogens (tertiary/aromatic N) is 5. The molecule has 1 fully saturated rings. The SMILES string of the molecule is CNc1ncc(-c2ccc(C3(C(=N)N=C([OH2+])C4C=NN(C)C4)CCC3)cc2)cn1. The Bertz CT molecular complexity index is 946. The largest absolute Gasteiger partial charge is 0.581 e. The fourth-order valence-electron chi connectivity index (χ4n) is 3.82. The quantitative estimate of drug-likeness (QED) is 0.462. The standard InChI is InChI=1S/C21H25N7O/c1-23-20-24-10-15(11-25-20)14-4-6-17(7-5-14)21(8-3-9-21)19(22)27-18(29)16-12-26-28(2)13-16/h4-7,10-12,16H,3,8-9,13H2,1-2H3,(H2,22,27,29)(H,23,24,25)/p+1. The van der Waals surface area contributed by atoms with Crippen LogP contribution in [0.3, 0.4) is 0 Å². The second kappa shape index (κ2) is 7.62. The van der Waals surface area contributed by atoms with Gasteiger partial charge in [0.15, 0.2) is 0 Å². The van der Waals surface area contributed by atoms with Gasteiger partial charge in [0.25, 0.3) is 0 Å². The molecule has 1 aliphatic carbocycles. The van der Waals surface area contributed by atoms with Crippen molar-refractivity contribution in [3.05, 3.63) is 42.2 Å². The van der Waals surface area contributed by atoms with Gasteiger partial charge in [-0.1, -0.05) is 30.7 Å². The highest BCUT2D eigenvalue weighted by atomic mass is 16.3. The first-order valence-electron chi connectivity index (χ1n) is 9.77. The normalized spacial score (nSPS) is 20.4. The van der Waals surface area contributed by atoms with E-state index in [-0.39, 0.29) is 23.1 Å². The van der Waals surface area contributed by atoms with Gasteiger partial charge < -0.3 is 10.4 Å². The Morgan fingerprint density at radius 3 is 2.41 bits per heavy atom. The number of hydrogen-bond acceptors (Lipinski definition) is 6. The van der Waals surface area contributed by atoms with Gasteiger partial charge in [0.1, 0.15) is 11.8 Å². The third-order valence-corrected chi connectivity index (χ3v) is 5.79. The van der Waals surface area contributed by atoms with Crippen LogP contribution in [-0.2, 0) is 5.41 Å². The Labute approximate surface area is 169 Å². The number of hydrogen-bond donors (Lipinski definition) is 2. The number of nitrogens with one attached hydrogen (secondary N) is 2. The molecule has 150 valence electrons. The molecular weight excluding hydrogens is 366 g/mol. The minimum atomic E-state index is -0.390. The van der Waals surface area contributed by atoms with E-state index in [4.69, 9.17) is 10.5 Å². The third kappa shape index (κ3) is 3.57. The predicted octanol–water partition coefficient (Wildman–Crippen LogP) is 2.25. The van der Waals surface area contributed by atoms with Crippen LogP contribution in [0.4, 0.5) is 5.95 Å². The highest BCUT2D eigenvalue weighted by molar-refractivity contribution is 6.04. The lowest BCUT2D eigenvalue weighted by atomic mass is 9.63. The monoisotopic (exact) mass is 392 g/mol. The summed E-state index contributed by atoms with van der Waals surface area (Å²) in [7, 11) is 3.67. The summed E-state index contributed by atoms with van der Waals surface area (Å²) in [4.78, 5) is 12.9. The highest BCUT2D eigenvalue weighted by Gasteiger charge is 2.44.